The van der Waals surface area contributed by atoms with Crippen LogP contribution in [0.15, 0.2) is 51.9 Å². The Labute approximate surface area is 198 Å². The Balaban J connectivity index is 1.38. The molecule has 1 saturated carbocycles. The molecule has 0 radical (unpaired) electrons. The predicted molar refractivity (Wildman–Crippen MR) is 126 cm³/mol. The summed E-state index contributed by atoms with van der Waals surface area (Å²) in [6, 6.07) is 10.5. The average Bonchev–Trinajstić information content (AvgIpc) is 3.30. The van der Waals surface area contributed by atoms with E-state index in [1.807, 2.05) is 17.0 Å². The summed E-state index contributed by atoms with van der Waals surface area (Å²) in [5.41, 5.74) is 1.91. The molecule has 0 bridgehead atoms. The number of amides is 2. The van der Waals surface area contributed by atoms with Crippen molar-refractivity contribution in [3.63, 3.8) is 0 Å². The summed E-state index contributed by atoms with van der Waals surface area (Å²) in [4.78, 5) is 40.4. The number of para-hydroxylation sites is 1. The molecule has 180 valence electrons. The molecule has 1 aliphatic carbocycles. The van der Waals surface area contributed by atoms with Gasteiger partial charge >= 0.3 is 0 Å². The molecule has 2 aromatic rings. The topological polar surface area (TPSA) is 101 Å². The normalized spacial score (nSPS) is 27.9. The second-order valence-electron chi connectivity index (χ2n) is 9.52. The molecule has 2 fully saturated rings. The number of anilines is 1. The number of likely N-dealkylation sites (tertiary alicyclic amines) is 1. The van der Waals surface area contributed by atoms with Crippen LogP contribution >= 0.6 is 0 Å². The first-order chi connectivity index (χ1) is 16.6. The molecule has 3 heterocycles. The number of hydrogen-bond acceptors (Lipinski definition) is 6. The maximum Gasteiger partial charge on any atom is 0.287 e. The highest BCUT2D eigenvalue weighted by Gasteiger charge is 2.48. The van der Waals surface area contributed by atoms with Crippen molar-refractivity contribution in [1.82, 2.24) is 10.2 Å². The molecule has 0 spiro atoms. The van der Waals surface area contributed by atoms with Gasteiger partial charge in [0.15, 0.2) is 11.2 Å². The van der Waals surface area contributed by atoms with E-state index in [9.17, 15) is 14.4 Å². The van der Waals surface area contributed by atoms with Crippen LogP contribution in [0.4, 0.5) is 5.69 Å². The Bertz CT molecular complexity index is 1120. The van der Waals surface area contributed by atoms with Gasteiger partial charge in [-0.25, -0.2) is 0 Å². The van der Waals surface area contributed by atoms with Crippen LogP contribution in [0.3, 0.4) is 0 Å². The summed E-state index contributed by atoms with van der Waals surface area (Å²) >= 11 is 0. The number of ether oxygens (including phenoxy) is 1. The lowest BCUT2D eigenvalue weighted by atomic mass is 9.81. The van der Waals surface area contributed by atoms with Crippen molar-refractivity contribution in [2.24, 2.45) is 11.8 Å². The zero-order valence-corrected chi connectivity index (χ0v) is 19.4. The zero-order chi connectivity index (χ0) is 23.7. The van der Waals surface area contributed by atoms with Crippen LogP contribution in [0.25, 0.3) is 0 Å². The fourth-order valence-electron chi connectivity index (χ4n) is 5.98. The van der Waals surface area contributed by atoms with Gasteiger partial charge in [-0.1, -0.05) is 31.0 Å². The monoisotopic (exact) mass is 465 g/mol. The van der Waals surface area contributed by atoms with E-state index in [1.54, 1.807) is 7.11 Å². The second-order valence-corrected chi connectivity index (χ2v) is 9.52. The number of fused-ring (bicyclic) bond motifs is 3. The number of nitrogens with one attached hydrogen (secondary N) is 2. The molecular weight excluding hydrogens is 434 g/mol. The van der Waals surface area contributed by atoms with Crippen molar-refractivity contribution >= 4 is 17.5 Å². The first-order valence-corrected chi connectivity index (χ1v) is 12.1. The van der Waals surface area contributed by atoms with E-state index in [0.717, 1.165) is 43.4 Å². The van der Waals surface area contributed by atoms with Crippen LogP contribution in [0.5, 0.6) is 0 Å². The van der Waals surface area contributed by atoms with E-state index >= 15 is 0 Å². The minimum Gasteiger partial charge on any atom is -0.459 e. The summed E-state index contributed by atoms with van der Waals surface area (Å²) < 4.78 is 10.7. The van der Waals surface area contributed by atoms with E-state index in [-0.39, 0.29) is 47.1 Å². The number of benzene rings is 1. The van der Waals surface area contributed by atoms with Gasteiger partial charge in [0, 0.05) is 43.4 Å². The maximum absolute atomic E-state index is 14.0. The van der Waals surface area contributed by atoms with Gasteiger partial charge < -0.3 is 24.7 Å². The Kier molecular flexibility index (Phi) is 6.41. The minimum atomic E-state index is -0.450. The highest BCUT2D eigenvalue weighted by Crippen LogP contribution is 2.47. The number of carbonyl (C=O) groups is 2. The molecule has 8 nitrogen and oxygen atoms in total. The Morgan fingerprint density at radius 3 is 2.82 bits per heavy atom. The number of methoxy groups -OCH3 is 1. The van der Waals surface area contributed by atoms with Gasteiger partial charge in [-0.15, -0.1) is 0 Å². The molecule has 3 aliphatic rings. The largest absolute Gasteiger partial charge is 0.459 e. The number of carbonyl (C=O) groups excluding carboxylic acids is 2. The molecule has 5 rings (SSSR count). The fraction of sp³-hybridized carbons (Fsp3) is 0.500. The van der Waals surface area contributed by atoms with Gasteiger partial charge in [-0.2, -0.15) is 0 Å². The van der Waals surface area contributed by atoms with Crippen molar-refractivity contribution < 1.29 is 18.7 Å². The highest BCUT2D eigenvalue weighted by molar-refractivity contribution is 5.92. The van der Waals surface area contributed by atoms with E-state index in [0.29, 0.717) is 13.2 Å². The molecule has 2 aliphatic heterocycles. The van der Waals surface area contributed by atoms with Crippen LogP contribution in [-0.4, -0.2) is 49.1 Å². The van der Waals surface area contributed by atoms with Crippen LogP contribution in [-0.2, 0) is 9.53 Å². The fourth-order valence-corrected chi connectivity index (χ4v) is 5.98. The number of rotatable bonds is 5. The summed E-state index contributed by atoms with van der Waals surface area (Å²) in [6.07, 6.45) is 5.49. The summed E-state index contributed by atoms with van der Waals surface area (Å²) in [6.45, 7) is 1.27. The van der Waals surface area contributed by atoms with Crippen molar-refractivity contribution in [2.45, 2.75) is 50.2 Å². The van der Waals surface area contributed by atoms with Crippen molar-refractivity contribution in [3.05, 3.63) is 64.2 Å². The average molecular weight is 466 g/mol. The second kappa shape index (κ2) is 9.62. The Hall–Kier alpha value is -3.13. The molecule has 2 N–H and O–H groups in total. The summed E-state index contributed by atoms with van der Waals surface area (Å²) in [5, 5.41) is 6.60. The minimum absolute atomic E-state index is 0.00415. The van der Waals surface area contributed by atoms with Gasteiger partial charge in [0.2, 0.25) is 5.91 Å². The first kappa shape index (κ1) is 22.7. The molecule has 0 unspecified atom stereocenters. The molecule has 34 heavy (non-hydrogen) atoms. The molecule has 1 saturated heterocycles. The van der Waals surface area contributed by atoms with Crippen LogP contribution in [0.1, 0.15) is 54.3 Å². The lowest BCUT2D eigenvalue weighted by Gasteiger charge is -2.41. The summed E-state index contributed by atoms with van der Waals surface area (Å²) in [5.74, 6) is -0.405. The van der Waals surface area contributed by atoms with E-state index in [4.69, 9.17) is 9.15 Å². The molecule has 2 amide bonds. The molecule has 8 heteroatoms. The van der Waals surface area contributed by atoms with Gasteiger partial charge in [-0.05, 0) is 30.9 Å². The molecule has 1 aromatic heterocycles. The van der Waals surface area contributed by atoms with Crippen molar-refractivity contribution in [1.29, 1.82) is 0 Å². The van der Waals surface area contributed by atoms with Gasteiger partial charge in [0.25, 0.3) is 5.91 Å². The van der Waals surface area contributed by atoms with Crippen LogP contribution in [0.2, 0.25) is 0 Å². The zero-order valence-electron chi connectivity index (χ0n) is 19.4. The standard InChI is InChI=1S/C26H31N3O5/c1-33-15-22-18-10-12-29(24(18)17-6-2-4-8-20(17)27-22)26(32)19-7-3-5-9-21(19)28-25(31)23-14-16(30)11-13-34-23/h2,4,6,8,11,13-14,18-19,21-22,24,27H,3,5,7,9-10,12,15H2,1H3,(H,28,31)/t18-,19-,21+,22-,24-/m0/s1. The first-order valence-electron chi connectivity index (χ1n) is 12.1. The van der Waals surface area contributed by atoms with E-state index < -0.39 is 5.91 Å². The Morgan fingerprint density at radius 1 is 1.18 bits per heavy atom. The SMILES string of the molecule is COC[C@@H]1Nc2ccccc2[C@H]2[C@H]1CCN2C(=O)[C@H]1CCCC[C@H]1NC(=O)c1cc(=O)cco1. The third kappa shape index (κ3) is 4.22. The number of hydrogen-bond donors (Lipinski definition) is 2. The van der Waals surface area contributed by atoms with Crippen LogP contribution in [0, 0.1) is 11.8 Å². The number of nitrogens with zero attached hydrogens (tertiary/aromatic N) is 1. The van der Waals surface area contributed by atoms with E-state index in [2.05, 4.69) is 22.8 Å². The Morgan fingerprint density at radius 2 is 2.00 bits per heavy atom. The lowest BCUT2D eigenvalue weighted by molar-refractivity contribution is -0.139. The van der Waals surface area contributed by atoms with Gasteiger partial charge in [-0.3, -0.25) is 14.4 Å². The maximum atomic E-state index is 14.0. The lowest BCUT2D eigenvalue weighted by Crippen LogP contribution is -2.50. The smallest absolute Gasteiger partial charge is 0.287 e. The van der Waals surface area contributed by atoms with Crippen molar-refractivity contribution in [2.75, 3.05) is 25.6 Å². The van der Waals surface area contributed by atoms with E-state index in [1.165, 1.54) is 18.4 Å². The molecular formula is C26H31N3O5. The summed E-state index contributed by atoms with van der Waals surface area (Å²) in [7, 11) is 1.71. The third-order valence-electron chi connectivity index (χ3n) is 7.54. The molecule has 1 aromatic carbocycles. The highest BCUT2D eigenvalue weighted by atomic mass is 16.5. The van der Waals surface area contributed by atoms with Gasteiger partial charge in [0.1, 0.15) is 0 Å². The third-order valence-corrected chi connectivity index (χ3v) is 7.54. The van der Waals surface area contributed by atoms with Crippen LogP contribution < -0.4 is 16.1 Å². The quantitative estimate of drug-likeness (QED) is 0.704. The molecule has 5 atom stereocenters. The van der Waals surface area contributed by atoms with Crippen molar-refractivity contribution in [3.8, 4) is 0 Å². The van der Waals surface area contributed by atoms with Gasteiger partial charge in [0.05, 0.1) is 30.9 Å². The predicted octanol–water partition coefficient (Wildman–Crippen LogP) is 2.96.